The van der Waals surface area contributed by atoms with Gasteiger partial charge in [0, 0.05) is 30.9 Å². The Bertz CT molecular complexity index is 661. The predicted octanol–water partition coefficient (Wildman–Crippen LogP) is 2.57. The summed E-state index contributed by atoms with van der Waals surface area (Å²) in [6.07, 6.45) is 5.81. The third-order valence-electron chi connectivity index (χ3n) is 5.66. The number of nitrogens with zero attached hydrogens (tertiary/aromatic N) is 2. The fraction of sp³-hybridized carbons (Fsp3) is 0.600. The van der Waals surface area contributed by atoms with Gasteiger partial charge in [-0.15, -0.1) is 0 Å². The van der Waals surface area contributed by atoms with E-state index in [0.29, 0.717) is 24.1 Å². The first-order chi connectivity index (χ1) is 12.6. The number of amides is 1. The number of carbonyl (C=O) groups is 1. The smallest absolute Gasteiger partial charge is 0.233 e. The second kappa shape index (κ2) is 8.08. The van der Waals surface area contributed by atoms with E-state index in [2.05, 4.69) is 4.99 Å². The molecule has 1 aliphatic heterocycles. The summed E-state index contributed by atoms with van der Waals surface area (Å²) in [5.74, 6) is 1.02. The van der Waals surface area contributed by atoms with Gasteiger partial charge < -0.3 is 20.1 Å². The Morgan fingerprint density at radius 3 is 2.27 bits per heavy atom. The Labute approximate surface area is 155 Å². The van der Waals surface area contributed by atoms with E-state index in [9.17, 15) is 4.79 Å². The summed E-state index contributed by atoms with van der Waals surface area (Å²) >= 11 is 0. The molecule has 1 aromatic carbocycles. The first kappa shape index (κ1) is 18.7. The van der Waals surface area contributed by atoms with E-state index in [4.69, 9.17) is 15.2 Å². The summed E-state index contributed by atoms with van der Waals surface area (Å²) in [6, 6.07) is 5.40. The van der Waals surface area contributed by atoms with Crippen molar-refractivity contribution in [3.05, 3.63) is 23.8 Å². The summed E-state index contributed by atoms with van der Waals surface area (Å²) in [5, 5.41) is 0. The number of benzene rings is 1. The number of hydrogen-bond acceptors (Lipinski definition) is 5. The summed E-state index contributed by atoms with van der Waals surface area (Å²) < 4.78 is 10.7. The van der Waals surface area contributed by atoms with E-state index in [1.165, 1.54) is 19.3 Å². The lowest BCUT2D eigenvalue weighted by atomic mass is 9.90. The van der Waals surface area contributed by atoms with Gasteiger partial charge >= 0.3 is 0 Å². The normalized spacial score (nSPS) is 24.2. The minimum atomic E-state index is -0.473. The van der Waals surface area contributed by atoms with E-state index in [0.717, 1.165) is 24.1 Å². The molecule has 0 aromatic heterocycles. The molecule has 1 aliphatic carbocycles. The van der Waals surface area contributed by atoms with Crippen LogP contribution in [0.25, 0.3) is 0 Å². The van der Waals surface area contributed by atoms with E-state index >= 15 is 0 Å². The first-order valence-electron chi connectivity index (χ1n) is 9.33. The van der Waals surface area contributed by atoms with Crippen LogP contribution in [0.4, 0.5) is 0 Å². The van der Waals surface area contributed by atoms with Crippen molar-refractivity contribution < 1.29 is 14.3 Å². The Balaban J connectivity index is 1.88. The molecule has 0 spiro atoms. The molecular formula is C20H29N3O3. The Kier molecular flexibility index (Phi) is 5.81. The van der Waals surface area contributed by atoms with Crippen molar-refractivity contribution in [2.75, 3.05) is 27.8 Å². The first-order valence-corrected chi connectivity index (χ1v) is 9.33. The average molecular weight is 359 g/mol. The molecule has 2 fully saturated rings. The molecule has 0 bridgehead atoms. The zero-order valence-electron chi connectivity index (χ0n) is 15.9. The van der Waals surface area contributed by atoms with E-state index < -0.39 is 12.0 Å². The van der Waals surface area contributed by atoms with Crippen LogP contribution in [0, 0.1) is 5.92 Å². The molecular weight excluding hydrogens is 330 g/mol. The average Bonchev–Trinajstić information content (AvgIpc) is 3.03. The van der Waals surface area contributed by atoms with Crippen LogP contribution in [0.15, 0.2) is 23.2 Å². The third kappa shape index (κ3) is 3.56. The molecule has 1 amide bonds. The van der Waals surface area contributed by atoms with Gasteiger partial charge in [0.25, 0.3) is 0 Å². The zero-order chi connectivity index (χ0) is 18.7. The molecule has 6 heteroatoms. The van der Waals surface area contributed by atoms with Crippen molar-refractivity contribution in [3.63, 3.8) is 0 Å². The Morgan fingerprint density at radius 2 is 1.73 bits per heavy atom. The van der Waals surface area contributed by atoms with Gasteiger partial charge in [-0.3, -0.25) is 9.79 Å². The molecule has 1 saturated heterocycles. The molecule has 2 atom stereocenters. The molecule has 1 saturated carbocycles. The van der Waals surface area contributed by atoms with Gasteiger partial charge in [0.2, 0.25) is 5.91 Å². The van der Waals surface area contributed by atoms with Crippen LogP contribution in [0.1, 0.15) is 43.7 Å². The number of ether oxygens (including phenoxy) is 2. The van der Waals surface area contributed by atoms with Crippen molar-refractivity contribution in [3.8, 4) is 11.5 Å². The monoisotopic (exact) mass is 359 g/mol. The van der Waals surface area contributed by atoms with Crippen molar-refractivity contribution in [2.24, 2.45) is 16.6 Å². The van der Waals surface area contributed by atoms with Crippen LogP contribution in [0.3, 0.4) is 0 Å². The summed E-state index contributed by atoms with van der Waals surface area (Å²) in [6.45, 7) is 0.597. The van der Waals surface area contributed by atoms with Gasteiger partial charge in [0.1, 0.15) is 11.5 Å². The molecule has 0 radical (unpaired) electrons. The number of rotatable bonds is 5. The molecule has 2 aliphatic rings. The fourth-order valence-electron chi connectivity index (χ4n) is 4.16. The molecule has 26 heavy (non-hydrogen) atoms. The lowest BCUT2D eigenvalue weighted by Crippen LogP contribution is -2.40. The summed E-state index contributed by atoms with van der Waals surface area (Å²) in [4.78, 5) is 19.6. The second-order valence-corrected chi connectivity index (χ2v) is 7.12. The summed E-state index contributed by atoms with van der Waals surface area (Å²) in [5.41, 5.74) is 8.25. The van der Waals surface area contributed by atoms with Crippen LogP contribution in [-0.4, -0.2) is 50.4 Å². The van der Waals surface area contributed by atoms with Crippen molar-refractivity contribution in [1.82, 2.24) is 4.90 Å². The van der Waals surface area contributed by atoms with Gasteiger partial charge in [-0.25, -0.2) is 0 Å². The van der Waals surface area contributed by atoms with Crippen LogP contribution >= 0.6 is 0 Å². The number of nitrogens with two attached hydrogens (primary N) is 1. The number of likely N-dealkylation sites (tertiary alicyclic amines) is 1. The molecule has 1 aromatic rings. The van der Waals surface area contributed by atoms with Gasteiger partial charge in [-0.05, 0) is 30.5 Å². The van der Waals surface area contributed by atoms with Gasteiger partial charge in [-0.2, -0.15) is 0 Å². The van der Waals surface area contributed by atoms with Crippen molar-refractivity contribution >= 4 is 11.6 Å². The second-order valence-electron chi connectivity index (χ2n) is 7.12. The van der Waals surface area contributed by atoms with E-state index in [-0.39, 0.29) is 5.91 Å². The highest BCUT2D eigenvalue weighted by Crippen LogP contribution is 2.35. The molecule has 142 valence electrons. The maximum atomic E-state index is 13.2. The number of aliphatic imine (C=N–C) groups is 1. The molecule has 1 heterocycles. The lowest BCUT2D eigenvalue weighted by molar-refractivity contribution is -0.133. The highest BCUT2D eigenvalue weighted by atomic mass is 16.5. The van der Waals surface area contributed by atoms with Crippen LogP contribution in [0.2, 0.25) is 0 Å². The van der Waals surface area contributed by atoms with Crippen LogP contribution in [-0.2, 0) is 4.79 Å². The fourth-order valence-corrected chi connectivity index (χ4v) is 4.16. The molecule has 2 N–H and O–H groups in total. The topological polar surface area (TPSA) is 77.2 Å². The number of carbonyl (C=O) groups excluding carboxylic acids is 1. The maximum absolute atomic E-state index is 13.2. The van der Waals surface area contributed by atoms with Crippen LogP contribution < -0.4 is 15.2 Å². The lowest BCUT2D eigenvalue weighted by Gasteiger charge is -2.31. The van der Waals surface area contributed by atoms with E-state index in [1.807, 2.05) is 17.0 Å². The van der Waals surface area contributed by atoms with Crippen molar-refractivity contribution in [2.45, 2.75) is 44.2 Å². The van der Waals surface area contributed by atoms with E-state index in [1.54, 1.807) is 27.3 Å². The minimum absolute atomic E-state index is 0.104. The Morgan fingerprint density at radius 1 is 1.12 bits per heavy atom. The van der Waals surface area contributed by atoms with Crippen molar-refractivity contribution in [1.29, 1.82) is 0 Å². The predicted molar refractivity (Wildman–Crippen MR) is 102 cm³/mol. The molecule has 6 nitrogen and oxygen atoms in total. The molecule has 2 unspecified atom stereocenters. The zero-order valence-corrected chi connectivity index (χ0v) is 15.9. The SMILES string of the molecule is CN=C1CN(C2CCCCC2)C(=O)C1C(N)c1cc(OC)cc(OC)c1. The Hall–Kier alpha value is -2.08. The third-order valence-corrected chi connectivity index (χ3v) is 5.66. The largest absolute Gasteiger partial charge is 0.497 e. The standard InChI is InChI=1S/C20H29N3O3/c1-22-17-12-23(14-7-5-4-6-8-14)20(24)18(17)19(21)13-9-15(25-2)11-16(10-13)26-3/h9-11,14,18-19H,4-8,12,21H2,1-3H3. The number of hydrogen-bond donors (Lipinski definition) is 1. The highest BCUT2D eigenvalue weighted by Gasteiger charge is 2.44. The number of methoxy groups -OCH3 is 2. The van der Waals surface area contributed by atoms with Crippen LogP contribution in [0.5, 0.6) is 11.5 Å². The summed E-state index contributed by atoms with van der Waals surface area (Å²) in [7, 11) is 4.96. The quantitative estimate of drug-likeness (QED) is 0.876. The molecule has 3 rings (SSSR count). The maximum Gasteiger partial charge on any atom is 0.233 e. The van der Waals surface area contributed by atoms with Gasteiger partial charge in [-0.1, -0.05) is 19.3 Å². The highest BCUT2D eigenvalue weighted by molar-refractivity contribution is 6.12. The minimum Gasteiger partial charge on any atom is -0.497 e. The van der Waals surface area contributed by atoms with Gasteiger partial charge in [0.05, 0.1) is 26.7 Å². The van der Waals surface area contributed by atoms with Gasteiger partial charge in [0.15, 0.2) is 0 Å².